The van der Waals surface area contributed by atoms with Crippen LogP contribution >= 0.6 is 0 Å². The maximum absolute atomic E-state index is 11.4. The molecule has 0 aromatic carbocycles. The first-order chi connectivity index (χ1) is 8.19. The Morgan fingerprint density at radius 2 is 2.12 bits per heavy atom. The zero-order chi connectivity index (χ0) is 12.7. The molecule has 1 rings (SSSR count). The molecule has 4 heteroatoms. The van der Waals surface area contributed by atoms with Crippen molar-refractivity contribution in [3.8, 4) is 0 Å². The zero-order valence-corrected chi connectivity index (χ0v) is 11.4. The van der Waals surface area contributed by atoms with Gasteiger partial charge in [0.25, 0.3) is 0 Å². The van der Waals surface area contributed by atoms with E-state index in [0.717, 1.165) is 25.6 Å². The summed E-state index contributed by atoms with van der Waals surface area (Å²) in [6, 6.07) is 0.590. The van der Waals surface area contributed by atoms with E-state index < -0.39 is 0 Å². The van der Waals surface area contributed by atoms with Gasteiger partial charge in [-0.2, -0.15) is 0 Å². The molecule has 0 spiro atoms. The van der Waals surface area contributed by atoms with E-state index in [9.17, 15) is 4.79 Å². The smallest absolute Gasteiger partial charge is 0.322 e. The lowest BCUT2D eigenvalue weighted by Gasteiger charge is -2.25. The van der Waals surface area contributed by atoms with Gasteiger partial charge in [0, 0.05) is 19.1 Å². The van der Waals surface area contributed by atoms with E-state index in [4.69, 9.17) is 4.74 Å². The summed E-state index contributed by atoms with van der Waals surface area (Å²) in [6.07, 6.45) is 6.15. The minimum absolute atomic E-state index is 0.156. The van der Waals surface area contributed by atoms with E-state index in [1.165, 1.54) is 32.8 Å². The Hall–Kier alpha value is -0.610. The van der Waals surface area contributed by atoms with E-state index in [1.54, 1.807) is 0 Å². The highest BCUT2D eigenvalue weighted by Gasteiger charge is 2.20. The molecule has 0 heterocycles. The number of carbonyl (C=O) groups excluding carboxylic acids is 1. The van der Waals surface area contributed by atoms with Crippen LogP contribution in [0.1, 0.15) is 39.0 Å². The summed E-state index contributed by atoms with van der Waals surface area (Å²) >= 11 is 0. The number of rotatable bonds is 7. The standard InChI is InChI=1S/C13H26N2O2/c1-4-12(13(16)17-3)14-9-10-15(2)11-7-5-6-8-11/h11-12,14H,4-10H2,1-3H3. The van der Waals surface area contributed by atoms with E-state index in [0.29, 0.717) is 0 Å². The average Bonchev–Trinajstić information content (AvgIpc) is 2.87. The normalized spacial score (nSPS) is 18.6. The largest absolute Gasteiger partial charge is 0.468 e. The zero-order valence-electron chi connectivity index (χ0n) is 11.4. The van der Waals surface area contributed by atoms with Crippen LogP contribution in [0.25, 0.3) is 0 Å². The van der Waals surface area contributed by atoms with Crippen LogP contribution in [0.4, 0.5) is 0 Å². The number of nitrogens with one attached hydrogen (secondary N) is 1. The summed E-state index contributed by atoms with van der Waals surface area (Å²) in [5, 5.41) is 3.26. The van der Waals surface area contributed by atoms with Gasteiger partial charge in [0.05, 0.1) is 7.11 Å². The predicted octanol–water partition coefficient (Wildman–Crippen LogP) is 1.40. The fourth-order valence-electron chi connectivity index (χ4n) is 2.48. The first-order valence-electron chi connectivity index (χ1n) is 6.70. The van der Waals surface area contributed by atoms with Crippen molar-refractivity contribution in [3.63, 3.8) is 0 Å². The predicted molar refractivity (Wildman–Crippen MR) is 69.0 cm³/mol. The summed E-state index contributed by atoms with van der Waals surface area (Å²) in [4.78, 5) is 13.8. The van der Waals surface area contributed by atoms with Crippen molar-refractivity contribution in [1.29, 1.82) is 0 Å². The van der Waals surface area contributed by atoms with Crippen LogP contribution < -0.4 is 5.32 Å². The second-order valence-corrected chi connectivity index (χ2v) is 4.86. The van der Waals surface area contributed by atoms with Gasteiger partial charge in [-0.15, -0.1) is 0 Å². The Morgan fingerprint density at radius 1 is 1.47 bits per heavy atom. The first-order valence-corrected chi connectivity index (χ1v) is 6.70. The monoisotopic (exact) mass is 242 g/mol. The third-order valence-corrected chi connectivity index (χ3v) is 3.70. The summed E-state index contributed by atoms with van der Waals surface area (Å²) in [6.45, 7) is 3.84. The Bertz CT molecular complexity index is 227. The van der Waals surface area contributed by atoms with Crippen molar-refractivity contribution in [2.75, 3.05) is 27.2 Å². The van der Waals surface area contributed by atoms with Gasteiger partial charge in [-0.25, -0.2) is 0 Å². The van der Waals surface area contributed by atoms with Crippen molar-refractivity contribution < 1.29 is 9.53 Å². The second-order valence-electron chi connectivity index (χ2n) is 4.86. The van der Waals surface area contributed by atoms with Crippen molar-refractivity contribution >= 4 is 5.97 Å². The molecule has 1 fully saturated rings. The molecule has 1 aliphatic carbocycles. The number of nitrogens with zero attached hydrogens (tertiary/aromatic N) is 1. The van der Waals surface area contributed by atoms with Crippen LogP contribution in [0.2, 0.25) is 0 Å². The molecule has 0 amide bonds. The van der Waals surface area contributed by atoms with Gasteiger partial charge in [0.2, 0.25) is 0 Å². The number of methoxy groups -OCH3 is 1. The molecule has 0 saturated heterocycles. The summed E-state index contributed by atoms with van der Waals surface area (Å²) in [7, 11) is 3.62. The van der Waals surface area contributed by atoms with E-state index in [2.05, 4.69) is 17.3 Å². The first kappa shape index (κ1) is 14.5. The fraction of sp³-hybridized carbons (Fsp3) is 0.923. The molecule has 1 aliphatic rings. The van der Waals surface area contributed by atoms with Gasteiger partial charge in [-0.05, 0) is 26.3 Å². The van der Waals surface area contributed by atoms with Gasteiger partial charge in [0.1, 0.15) is 6.04 Å². The summed E-state index contributed by atoms with van der Waals surface area (Å²) < 4.78 is 4.75. The maximum atomic E-state index is 11.4. The highest BCUT2D eigenvalue weighted by atomic mass is 16.5. The molecule has 0 bridgehead atoms. The highest BCUT2D eigenvalue weighted by molar-refractivity contribution is 5.75. The Morgan fingerprint density at radius 3 is 2.65 bits per heavy atom. The van der Waals surface area contributed by atoms with Crippen LogP contribution in [0.3, 0.4) is 0 Å². The molecule has 1 saturated carbocycles. The fourth-order valence-corrected chi connectivity index (χ4v) is 2.48. The molecule has 100 valence electrons. The number of likely N-dealkylation sites (N-methyl/N-ethyl adjacent to an activating group) is 1. The Labute approximate surface area is 105 Å². The van der Waals surface area contributed by atoms with Crippen molar-refractivity contribution in [2.24, 2.45) is 0 Å². The molecule has 0 aromatic heterocycles. The average molecular weight is 242 g/mol. The molecule has 0 aliphatic heterocycles. The van der Waals surface area contributed by atoms with Gasteiger partial charge >= 0.3 is 5.97 Å². The SMILES string of the molecule is CCC(NCCN(C)C1CCCC1)C(=O)OC. The number of ether oxygens (including phenoxy) is 1. The molecular formula is C13H26N2O2. The van der Waals surface area contributed by atoms with E-state index in [-0.39, 0.29) is 12.0 Å². The molecule has 17 heavy (non-hydrogen) atoms. The van der Waals surface area contributed by atoms with Crippen molar-refractivity contribution in [1.82, 2.24) is 10.2 Å². The Balaban J connectivity index is 2.18. The number of carbonyl (C=O) groups is 1. The van der Waals surface area contributed by atoms with Gasteiger partial charge in [0.15, 0.2) is 0 Å². The van der Waals surface area contributed by atoms with Gasteiger partial charge in [-0.1, -0.05) is 19.8 Å². The summed E-state index contributed by atoms with van der Waals surface area (Å²) in [5.41, 5.74) is 0. The van der Waals surface area contributed by atoms with Crippen LogP contribution in [0.15, 0.2) is 0 Å². The van der Waals surface area contributed by atoms with Crippen LogP contribution in [0.5, 0.6) is 0 Å². The quantitative estimate of drug-likeness (QED) is 0.685. The maximum Gasteiger partial charge on any atom is 0.322 e. The van der Waals surface area contributed by atoms with Crippen LogP contribution in [0, 0.1) is 0 Å². The van der Waals surface area contributed by atoms with E-state index >= 15 is 0 Å². The minimum atomic E-state index is -0.156. The Kier molecular flexibility index (Phi) is 6.52. The minimum Gasteiger partial charge on any atom is -0.468 e. The molecule has 0 radical (unpaired) electrons. The lowest BCUT2D eigenvalue weighted by Crippen LogP contribution is -2.42. The van der Waals surface area contributed by atoms with Gasteiger partial charge < -0.3 is 15.0 Å². The molecule has 4 nitrogen and oxygen atoms in total. The molecule has 1 N–H and O–H groups in total. The van der Waals surface area contributed by atoms with Crippen molar-refractivity contribution in [2.45, 2.75) is 51.1 Å². The van der Waals surface area contributed by atoms with Gasteiger partial charge in [-0.3, -0.25) is 4.79 Å². The van der Waals surface area contributed by atoms with E-state index in [1.807, 2.05) is 6.92 Å². The number of hydrogen-bond donors (Lipinski definition) is 1. The van der Waals surface area contributed by atoms with Crippen molar-refractivity contribution in [3.05, 3.63) is 0 Å². The highest BCUT2D eigenvalue weighted by Crippen LogP contribution is 2.21. The molecule has 1 unspecified atom stereocenters. The van der Waals surface area contributed by atoms with Crippen LogP contribution in [-0.2, 0) is 9.53 Å². The lowest BCUT2D eigenvalue weighted by molar-refractivity contribution is -0.143. The third kappa shape index (κ3) is 4.64. The lowest BCUT2D eigenvalue weighted by atomic mass is 10.2. The molecule has 1 atom stereocenters. The topological polar surface area (TPSA) is 41.6 Å². The van der Waals surface area contributed by atoms with Crippen LogP contribution in [-0.4, -0.2) is 50.2 Å². The number of hydrogen-bond acceptors (Lipinski definition) is 4. The molecular weight excluding hydrogens is 216 g/mol. The third-order valence-electron chi connectivity index (χ3n) is 3.70. The second kappa shape index (κ2) is 7.67. The molecule has 0 aromatic rings. The summed E-state index contributed by atoms with van der Waals surface area (Å²) in [5.74, 6) is -0.156. The number of esters is 1.